The van der Waals surface area contributed by atoms with Gasteiger partial charge < -0.3 is 15.2 Å². The molecule has 5 aromatic heterocycles. The molecule has 1 aliphatic carbocycles. The normalized spacial score (nSPS) is 17.1. The first-order chi connectivity index (χ1) is 21.7. The standard InChI is InChI=1S/C30H29FN10O3S/c1-17-6-8-21(9-7-17)45(43,44)41-16-24(23-12-18(31)14-32-28(23)41)27-36-26(22-10-11-40(2)29(22)37-27)34-19-4-3-5-20(13-19)35-30(42)25-15-33-39-38-25/h6-12,14-16,19-20H,3-5,13H2,1-2H3,(H,35,42)(H,33,38,39)(H,34,36,37)/t19-,20+/m1/s1. The molecule has 15 heteroatoms. The lowest BCUT2D eigenvalue weighted by Crippen LogP contribution is -2.42. The maximum Gasteiger partial charge on any atom is 0.273 e. The number of carbonyl (C=O) groups excluding carboxylic acids is 1. The highest BCUT2D eigenvalue weighted by atomic mass is 32.2. The van der Waals surface area contributed by atoms with Crippen LogP contribution in [0.25, 0.3) is 33.5 Å². The molecule has 0 bridgehead atoms. The van der Waals surface area contributed by atoms with Crippen molar-refractivity contribution in [2.75, 3.05) is 5.32 Å². The highest BCUT2D eigenvalue weighted by Gasteiger charge is 2.28. The van der Waals surface area contributed by atoms with Gasteiger partial charge in [0.25, 0.3) is 15.9 Å². The van der Waals surface area contributed by atoms with Gasteiger partial charge in [-0.3, -0.25) is 9.89 Å². The van der Waals surface area contributed by atoms with Gasteiger partial charge in [0.15, 0.2) is 17.2 Å². The number of aromatic amines is 1. The molecular weight excluding hydrogens is 599 g/mol. The Balaban J connectivity index is 1.27. The second-order valence-electron chi connectivity index (χ2n) is 11.3. The Bertz CT molecular complexity index is 2160. The van der Waals surface area contributed by atoms with Crippen molar-refractivity contribution in [1.29, 1.82) is 0 Å². The van der Waals surface area contributed by atoms with E-state index in [2.05, 4.69) is 31.0 Å². The summed E-state index contributed by atoms with van der Waals surface area (Å²) in [5.74, 6) is -0.139. The SMILES string of the molecule is Cc1ccc(S(=O)(=O)n2cc(-c3nc(N[C@@H]4CCC[C@H](NC(=O)c5c[nH]nn5)C4)c4ccn(C)c4n3)c3cc(F)cnc32)cc1. The third kappa shape index (κ3) is 5.28. The number of hydrogen-bond donors (Lipinski definition) is 3. The van der Waals surface area contributed by atoms with Crippen LogP contribution in [-0.4, -0.2) is 65.3 Å². The van der Waals surface area contributed by atoms with Crippen LogP contribution < -0.4 is 10.6 Å². The van der Waals surface area contributed by atoms with Crippen LogP contribution in [-0.2, 0) is 17.1 Å². The van der Waals surface area contributed by atoms with Gasteiger partial charge >= 0.3 is 0 Å². The van der Waals surface area contributed by atoms with E-state index in [9.17, 15) is 17.6 Å². The summed E-state index contributed by atoms with van der Waals surface area (Å²) in [6.45, 7) is 1.87. The lowest BCUT2D eigenvalue weighted by atomic mass is 9.90. The summed E-state index contributed by atoms with van der Waals surface area (Å²) in [7, 11) is -2.22. The van der Waals surface area contributed by atoms with E-state index in [-0.39, 0.29) is 45.4 Å². The van der Waals surface area contributed by atoms with E-state index in [4.69, 9.17) is 9.97 Å². The monoisotopic (exact) mass is 628 g/mol. The zero-order chi connectivity index (χ0) is 31.3. The molecule has 0 spiro atoms. The van der Waals surface area contributed by atoms with Crippen molar-refractivity contribution in [2.45, 2.75) is 49.6 Å². The van der Waals surface area contributed by atoms with Gasteiger partial charge in [-0.05, 0) is 56.9 Å². The zero-order valence-corrected chi connectivity index (χ0v) is 25.2. The number of nitrogens with zero attached hydrogens (tertiary/aromatic N) is 7. The van der Waals surface area contributed by atoms with Crippen molar-refractivity contribution in [2.24, 2.45) is 7.05 Å². The zero-order valence-electron chi connectivity index (χ0n) is 24.4. The maximum absolute atomic E-state index is 14.6. The predicted molar refractivity (Wildman–Crippen MR) is 164 cm³/mol. The summed E-state index contributed by atoms with van der Waals surface area (Å²) in [5.41, 5.74) is 2.14. The number of H-pyrrole nitrogens is 1. The average molecular weight is 629 g/mol. The van der Waals surface area contributed by atoms with Gasteiger partial charge in [-0.15, -0.1) is 5.10 Å². The second kappa shape index (κ2) is 11.1. The molecule has 2 atom stereocenters. The van der Waals surface area contributed by atoms with Gasteiger partial charge in [-0.1, -0.05) is 22.9 Å². The quantitative estimate of drug-likeness (QED) is 0.237. The van der Waals surface area contributed by atoms with Crippen LogP contribution in [0.2, 0.25) is 0 Å². The molecule has 1 amide bonds. The number of hydrogen-bond acceptors (Lipinski definition) is 9. The number of pyridine rings is 1. The predicted octanol–water partition coefficient (Wildman–Crippen LogP) is 3.94. The molecule has 0 saturated heterocycles. The van der Waals surface area contributed by atoms with E-state index in [1.54, 1.807) is 12.1 Å². The summed E-state index contributed by atoms with van der Waals surface area (Å²) in [6, 6.07) is 9.54. The lowest BCUT2D eigenvalue weighted by Gasteiger charge is -2.30. The van der Waals surface area contributed by atoms with Crippen molar-refractivity contribution in [1.82, 2.24) is 44.2 Å². The number of aryl methyl sites for hydroxylation is 2. The number of rotatable bonds is 7. The Labute approximate surface area is 257 Å². The Hall–Kier alpha value is -5.18. The van der Waals surface area contributed by atoms with Crippen LogP contribution in [0.3, 0.4) is 0 Å². The molecule has 1 aromatic carbocycles. The summed E-state index contributed by atoms with van der Waals surface area (Å²) in [4.78, 5) is 26.5. The minimum Gasteiger partial charge on any atom is -0.367 e. The molecule has 6 aromatic rings. The minimum atomic E-state index is -4.08. The van der Waals surface area contributed by atoms with Crippen LogP contribution in [0, 0.1) is 12.7 Å². The Morgan fingerprint density at radius 1 is 1.07 bits per heavy atom. The maximum atomic E-state index is 14.6. The topological polar surface area (TPSA) is 165 Å². The Morgan fingerprint density at radius 2 is 1.87 bits per heavy atom. The van der Waals surface area contributed by atoms with Crippen molar-refractivity contribution in [3.05, 3.63) is 78.3 Å². The summed E-state index contributed by atoms with van der Waals surface area (Å²) in [5, 5.41) is 17.6. The van der Waals surface area contributed by atoms with Crippen molar-refractivity contribution in [3.63, 3.8) is 0 Å². The number of nitrogens with one attached hydrogen (secondary N) is 3. The van der Waals surface area contributed by atoms with Crippen LogP contribution in [0.1, 0.15) is 41.7 Å². The number of halogens is 1. The number of carbonyl (C=O) groups is 1. The highest BCUT2D eigenvalue weighted by molar-refractivity contribution is 7.90. The third-order valence-corrected chi connectivity index (χ3v) is 9.79. The van der Waals surface area contributed by atoms with E-state index in [0.717, 1.165) is 40.4 Å². The second-order valence-corrected chi connectivity index (χ2v) is 13.1. The van der Waals surface area contributed by atoms with Gasteiger partial charge in [-0.2, -0.15) is 0 Å². The molecule has 0 radical (unpaired) electrons. The van der Waals surface area contributed by atoms with Gasteiger partial charge in [0, 0.05) is 42.5 Å². The number of amides is 1. The molecule has 230 valence electrons. The smallest absolute Gasteiger partial charge is 0.273 e. The summed E-state index contributed by atoms with van der Waals surface area (Å²) in [6.07, 6.45) is 8.92. The van der Waals surface area contributed by atoms with Crippen LogP contribution in [0.5, 0.6) is 0 Å². The average Bonchev–Trinajstić information content (AvgIpc) is 3.77. The Morgan fingerprint density at radius 3 is 2.64 bits per heavy atom. The van der Waals surface area contributed by atoms with Crippen molar-refractivity contribution < 1.29 is 17.6 Å². The van der Waals surface area contributed by atoms with E-state index >= 15 is 0 Å². The Kier molecular flexibility index (Phi) is 7.03. The number of aromatic nitrogens is 8. The fourth-order valence-corrected chi connectivity index (χ4v) is 7.15. The first-order valence-corrected chi connectivity index (χ1v) is 15.9. The minimum absolute atomic E-state index is 0.0186. The fraction of sp³-hybridized carbons (Fsp3) is 0.267. The fourth-order valence-electron chi connectivity index (χ4n) is 5.82. The molecule has 1 fully saturated rings. The molecule has 7 rings (SSSR count). The molecule has 5 heterocycles. The van der Waals surface area contributed by atoms with Gasteiger partial charge in [0.1, 0.15) is 17.3 Å². The lowest BCUT2D eigenvalue weighted by molar-refractivity contribution is 0.0921. The molecule has 45 heavy (non-hydrogen) atoms. The molecular formula is C30H29FN10O3S. The van der Waals surface area contributed by atoms with Crippen LogP contribution >= 0.6 is 0 Å². The van der Waals surface area contributed by atoms with E-state index in [1.165, 1.54) is 30.6 Å². The molecule has 1 saturated carbocycles. The first-order valence-electron chi connectivity index (χ1n) is 14.4. The van der Waals surface area contributed by atoms with Crippen molar-refractivity contribution >= 4 is 43.8 Å². The van der Waals surface area contributed by atoms with Gasteiger partial charge in [0.05, 0.1) is 22.7 Å². The van der Waals surface area contributed by atoms with Crippen molar-refractivity contribution in [3.8, 4) is 11.4 Å². The van der Waals surface area contributed by atoms with Gasteiger partial charge in [-0.25, -0.2) is 31.7 Å². The molecule has 13 nitrogen and oxygen atoms in total. The molecule has 1 aliphatic rings. The number of benzene rings is 1. The third-order valence-electron chi connectivity index (χ3n) is 8.12. The number of anilines is 1. The summed E-state index contributed by atoms with van der Waals surface area (Å²) < 4.78 is 45.0. The highest BCUT2D eigenvalue weighted by Crippen LogP contribution is 2.34. The van der Waals surface area contributed by atoms with E-state index in [1.807, 2.05) is 30.8 Å². The van der Waals surface area contributed by atoms with E-state index < -0.39 is 15.8 Å². The van der Waals surface area contributed by atoms with Crippen LogP contribution in [0.15, 0.2) is 66.1 Å². The molecule has 3 N–H and O–H groups in total. The first kappa shape index (κ1) is 28.6. The molecule has 0 unspecified atom stereocenters. The number of fused-ring (bicyclic) bond motifs is 2. The largest absolute Gasteiger partial charge is 0.367 e. The van der Waals surface area contributed by atoms with E-state index in [0.29, 0.717) is 23.4 Å². The molecule has 0 aliphatic heterocycles. The summed E-state index contributed by atoms with van der Waals surface area (Å²) >= 11 is 0. The van der Waals surface area contributed by atoms with Gasteiger partial charge in [0.2, 0.25) is 0 Å². The van der Waals surface area contributed by atoms with Crippen LogP contribution in [0.4, 0.5) is 10.2 Å².